The van der Waals surface area contributed by atoms with Crippen LogP contribution in [0.3, 0.4) is 0 Å². The van der Waals surface area contributed by atoms with Gasteiger partial charge in [-0.25, -0.2) is 4.79 Å². The third-order valence-corrected chi connectivity index (χ3v) is 0.794. The lowest BCUT2D eigenvalue weighted by Crippen LogP contribution is -2.48. The first-order valence-electron chi connectivity index (χ1n) is 2.72. The maximum absolute atomic E-state index is 10.4. The van der Waals surface area contributed by atoms with Gasteiger partial charge in [0.1, 0.15) is 6.04 Å². The summed E-state index contributed by atoms with van der Waals surface area (Å²) in [7, 11) is 0. The van der Waals surface area contributed by atoms with Crippen LogP contribution in [0.4, 0.5) is 0 Å². The lowest BCUT2D eigenvalue weighted by molar-refractivity contribution is -0.306. The molecule has 0 spiro atoms. The summed E-state index contributed by atoms with van der Waals surface area (Å²) in [6.45, 7) is 1.67. The molecule has 0 aromatic rings. The topological polar surface area (TPSA) is 92.5 Å². The zero-order valence-corrected chi connectivity index (χ0v) is 5.49. The second kappa shape index (κ2) is 3.84. The molecule has 0 radical (unpaired) electrons. The van der Waals surface area contributed by atoms with Crippen molar-refractivity contribution in [1.29, 1.82) is 0 Å². The fourth-order valence-corrected chi connectivity index (χ4v) is 0.328. The fraction of sp³-hybridized carbons (Fsp3) is 0.600. The number of carbonyl (C=O) groups excluding carboxylic acids is 2. The lowest BCUT2D eigenvalue weighted by Gasteiger charge is -2.09. The number of hydrogen-bond acceptors (Lipinski definition) is 5. The Morgan fingerprint density at radius 1 is 1.70 bits per heavy atom. The minimum absolute atomic E-state index is 0.111. The molecule has 5 heteroatoms. The first-order valence-corrected chi connectivity index (χ1v) is 2.72. The van der Waals surface area contributed by atoms with E-state index in [1.165, 1.54) is 0 Å². The van der Waals surface area contributed by atoms with Gasteiger partial charge in [0.2, 0.25) is 0 Å². The standard InChI is InChI=1S/C5H9NO4/c1-2-10-5(9)3(6)4(7)8/h3H,2,6H2,1H3,(H,7,8)/p-1. The van der Waals surface area contributed by atoms with Crippen molar-refractivity contribution in [1.82, 2.24) is 0 Å². The van der Waals surface area contributed by atoms with Gasteiger partial charge in [-0.2, -0.15) is 0 Å². The van der Waals surface area contributed by atoms with Crippen LogP contribution in [-0.2, 0) is 14.3 Å². The van der Waals surface area contributed by atoms with Crippen molar-refractivity contribution in [2.75, 3.05) is 6.61 Å². The number of nitrogens with two attached hydrogens (primary N) is 1. The number of hydrogen-bond donors (Lipinski definition) is 1. The number of esters is 1. The van der Waals surface area contributed by atoms with Crippen LogP contribution in [0.25, 0.3) is 0 Å². The number of carboxylic acids is 1. The summed E-state index contributed by atoms with van der Waals surface area (Å²) in [5.74, 6) is -2.60. The Morgan fingerprint density at radius 2 is 2.20 bits per heavy atom. The molecule has 0 heterocycles. The molecule has 0 aromatic carbocycles. The fourth-order valence-electron chi connectivity index (χ4n) is 0.328. The van der Waals surface area contributed by atoms with Gasteiger partial charge in [-0.05, 0) is 6.92 Å². The van der Waals surface area contributed by atoms with E-state index in [9.17, 15) is 14.7 Å². The SMILES string of the molecule is CCOC(=O)C(N)C(=O)[O-]. The first kappa shape index (κ1) is 8.90. The highest BCUT2D eigenvalue weighted by Crippen LogP contribution is 1.82. The van der Waals surface area contributed by atoms with E-state index in [0.29, 0.717) is 0 Å². The van der Waals surface area contributed by atoms with Gasteiger partial charge in [-0.1, -0.05) is 0 Å². The molecule has 0 fully saturated rings. The van der Waals surface area contributed by atoms with Crippen LogP contribution in [0, 0.1) is 0 Å². The third-order valence-electron chi connectivity index (χ3n) is 0.794. The van der Waals surface area contributed by atoms with E-state index in [-0.39, 0.29) is 6.61 Å². The highest BCUT2D eigenvalue weighted by molar-refractivity contribution is 5.96. The summed E-state index contributed by atoms with van der Waals surface area (Å²) >= 11 is 0. The lowest BCUT2D eigenvalue weighted by atomic mass is 10.3. The van der Waals surface area contributed by atoms with E-state index in [1.807, 2.05) is 0 Å². The van der Waals surface area contributed by atoms with Gasteiger partial charge >= 0.3 is 5.97 Å². The predicted octanol–water partition coefficient (Wildman–Crippen LogP) is -2.37. The van der Waals surface area contributed by atoms with E-state index < -0.39 is 18.0 Å². The second-order valence-corrected chi connectivity index (χ2v) is 1.55. The quantitative estimate of drug-likeness (QED) is 0.354. The number of rotatable bonds is 3. The zero-order valence-electron chi connectivity index (χ0n) is 5.49. The molecule has 5 nitrogen and oxygen atoms in total. The smallest absolute Gasteiger partial charge is 0.328 e. The molecule has 1 unspecified atom stereocenters. The van der Waals surface area contributed by atoms with Crippen LogP contribution in [0.15, 0.2) is 0 Å². The molecule has 58 valence electrons. The highest BCUT2D eigenvalue weighted by atomic mass is 16.5. The van der Waals surface area contributed by atoms with Crippen LogP contribution >= 0.6 is 0 Å². The molecule has 0 saturated heterocycles. The minimum atomic E-state index is -1.67. The maximum Gasteiger partial charge on any atom is 0.328 e. The van der Waals surface area contributed by atoms with Gasteiger partial charge < -0.3 is 20.4 Å². The van der Waals surface area contributed by atoms with Gasteiger partial charge in [-0.15, -0.1) is 0 Å². The Labute approximate surface area is 57.8 Å². The Kier molecular flexibility index (Phi) is 3.42. The molecule has 0 aromatic heterocycles. The average Bonchev–Trinajstić information content (AvgIpc) is 1.87. The molecule has 0 bridgehead atoms. The average molecular weight is 146 g/mol. The van der Waals surface area contributed by atoms with Gasteiger partial charge in [-0.3, -0.25) is 0 Å². The minimum Gasteiger partial charge on any atom is -0.548 e. The summed E-state index contributed by atoms with van der Waals surface area (Å²) in [5.41, 5.74) is 4.81. The van der Waals surface area contributed by atoms with E-state index in [0.717, 1.165) is 0 Å². The van der Waals surface area contributed by atoms with Crippen LogP contribution in [0.1, 0.15) is 6.92 Å². The molecular formula is C5H8NO4-. The Bertz CT molecular complexity index is 145. The molecule has 0 aliphatic heterocycles. The Hall–Kier alpha value is -1.10. The van der Waals surface area contributed by atoms with E-state index in [1.54, 1.807) is 6.92 Å². The highest BCUT2D eigenvalue weighted by Gasteiger charge is 2.14. The molecule has 0 amide bonds. The zero-order chi connectivity index (χ0) is 8.15. The maximum atomic E-state index is 10.4. The normalized spacial score (nSPS) is 12.2. The van der Waals surface area contributed by atoms with E-state index in [4.69, 9.17) is 5.73 Å². The van der Waals surface area contributed by atoms with Gasteiger partial charge in [0.25, 0.3) is 0 Å². The van der Waals surface area contributed by atoms with Crippen LogP contribution < -0.4 is 10.8 Å². The molecule has 0 aliphatic rings. The number of ether oxygens (including phenoxy) is 1. The van der Waals surface area contributed by atoms with Crippen LogP contribution in [0.5, 0.6) is 0 Å². The van der Waals surface area contributed by atoms with Gasteiger partial charge in [0.15, 0.2) is 0 Å². The predicted molar refractivity (Wildman–Crippen MR) is 29.6 cm³/mol. The molecule has 0 rings (SSSR count). The van der Waals surface area contributed by atoms with Crippen molar-refractivity contribution in [3.8, 4) is 0 Å². The summed E-state index contributed by atoms with van der Waals surface area (Å²) in [6.07, 6.45) is 0. The van der Waals surface area contributed by atoms with Crippen molar-refractivity contribution in [3.63, 3.8) is 0 Å². The Morgan fingerprint density at radius 3 is 2.50 bits per heavy atom. The number of carbonyl (C=O) groups is 2. The van der Waals surface area contributed by atoms with E-state index in [2.05, 4.69) is 4.74 Å². The van der Waals surface area contributed by atoms with Gasteiger partial charge in [0, 0.05) is 0 Å². The monoisotopic (exact) mass is 146 g/mol. The van der Waals surface area contributed by atoms with Crippen molar-refractivity contribution < 1.29 is 19.4 Å². The van der Waals surface area contributed by atoms with Crippen molar-refractivity contribution in [2.45, 2.75) is 13.0 Å². The molecule has 1 atom stereocenters. The van der Waals surface area contributed by atoms with Crippen molar-refractivity contribution in [2.24, 2.45) is 5.73 Å². The number of carboxylic acid groups (broad SMARTS) is 1. The van der Waals surface area contributed by atoms with Crippen molar-refractivity contribution in [3.05, 3.63) is 0 Å². The third kappa shape index (κ3) is 2.45. The summed E-state index contributed by atoms with van der Waals surface area (Å²) in [4.78, 5) is 20.3. The molecule has 10 heavy (non-hydrogen) atoms. The molecule has 2 N–H and O–H groups in total. The van der Waals surface area contributed by atoms with E-state index >= 15 is 0 Å². The van der Waals surface area contributed by atoms with Gasteiger partial charge in [0.05, 0.1) is 12.6 Å². The number of aliphatic carboxylic acids is 1. The first-order chi connectivity index (χ1) is 4.59. The second-order valence-electron chi connectivity index (χ2n) is 1.55. The Balaban J connectivity index is 3.82. The van der Waals surface area contributed by atoms with Crippen LogP contribution in [0.2, 0.25) is 0 Å². The summed E-state index contributed by atoms with van der Waals surface area (Å²) < 4.78 is 4.28. The van der Waals surface area contributed by atoms with Crippen molar-refractivity contribution >= 4 is 11.9 Å². The molecule has 0 aliphatic carbocycles. The molecular weight excluding hydrogens is 138 g/mol. The summed E-state index contributed by atoms with van der Waals surface area (Å²) in [6, 6.07) is -1.67. The largest absolute Gasteiger partial charge is 0.548 e. The van der Waals surface area contributed by atoms with Crippen LogP contribution in [-0.4, -0.2) is 24.6 Å². The molecule has 0 saturated carbocycles. The summed E-state index contributed by atoms with van der Waals surface area (Å²) in [5, 5.41) is 9.88.